The molecule has 2 aliphatic heterocycles. The van der Waals surface area contributed by atoms with Crippen molar-refractivity contribution in [2.24, 2.45) is 16.6 Å². The lowest BCUT2D eigenvalue weighted by molar-refractivity contribution is -0.583. The van der Waals surface area contributed by atoms with Crippen molar-refractivity contribution < 1.29 is 19.2 Å². The van der Waals surface area contributed by atoms with E-state index in [0.29, 0.717) is 18.1 Å². The fourth-order valence-corrected chi connectivity index (χ4v) is 5.70. The van der Waals surface area contributed by atoms with Crippen LogP contribution in [-0.4, -0.2) is 37.5 Å². The van der Waals surface area contributed by atoms with Crippen molar-refractivity contribution in [2.45, 2.75) is 11.0 Å². The minimum Gasteiger partial charge on any atom is -0.497 e. The molecule has 2 heterocycles. The molecule has 3 aliphatic rings. The minimum absolute atomic E-state index is 0.279. The molecule has 1 aromatic carbocycles. The Morgan fingerprint density at radius 2 is 2.12 bits per heavy atom. The Kier molecular flexibility index (Phi) is 3.24. The number of rotatable bonds is 3. The standard InChI is InChI=1S/C17H16N4O3S/c1-22-10-3-4-12(23-2)11(7-10)13-15(8-18)14(20)21-17(16(13,15)9-19)24-5-6-25-17/h3-4,7,13H,5-6H2,1-2H3,(H2,20,21)/p+1/t13-,15-,16-,17-/m1/s1. The fourth-order valence-electron chi connectivity index (χ4n) is 4.35. The average molecular weight is 357 g/mol. The number of hydrogen-bond donors (Lipinski definition) is 2. The molecule has 8 heteroatoms. The Balaban J connectivity index is 1.95. The van der Waals surface area contributed by atoms with E-state index in [2.05, 4.69) is 17.1 Å². The number of nitrogens with zero attached hydrogens (tertiary/aromatic N) is 2. The molecule has 1 aliphatic carbocycles. The normalized spacial score (nSPS) is 37.8. The van der Waals surface area contributed by atoms with Gasteiger partial charge in [-0.05, 0) is 18.2 Å². The molecule has 1 saturated heterocycles. The van der Waals surface area contributed by atoms with Gasteiger partial charge in [0, 0.05) is 17.2 Å². The Morgan fingerprint density at radius 1 is 1.32 bits per heavy atom. The molecule has 0 amide bonds. The molecule has 0 aromatic heterocycles. The largest absolute Gasteiger partial charge is 0.497 e. The highest BCUT2D eigenvalue weighted by Crippen LogP contribution is 2.81. The fraction of sp³-hybridized carbons (Fsp3) is 0.471. The number of fused-ring (bicyclic) bond motifs is 2. The monoisotopic (exact) mass is 357 g/mol. The second-order valence-corrected chi connectivity index (χ2v) is 7.50. The minimum atomic E-state index is -1.17. The maximum Gasteiger partial charge on any atom is 0.277 e. The van der Waals surface area contributed by atoms with Gasteiger partial charge in [0.25, 0.3) is 10.9 Å². The molecule has 0 radical (unpaired) electrons. The Hall–Kier alpha value is -2.42. The summed E-state index contributed by atoms with van der Waals surface area (Å²) in [6.45, 7) is 0.498. The Bertz CT molecular complexity index is 868. The molecule has 7 nitrogen and oxygen atoms in total. The first-order valence-electron chi connectivity index (χ1n) is 7.80. The summed E-state index contributed by atoms with van der Waals surface area (Å²) in [4.78, 5) is 3.10. The zero-order valence-corrected chi connectivity index (χ0v) is 14.6. The molecule has 1 spiro atoms. The lowest BCUT2D eigenvalue weighted by Crippen LogP contribution is -2.88. The van der Waals surface area contributed by atoms with Gasteiger partial charge in [0.05, 0.1) is 33.0 Å². The second-order valence-electron chi connectivity index (χ2n) is 6.23. The number of benzene rings is 1. The predicted octanol–water partition coefficient (Wildman–Crippen LogP) is -0.310. The summed E-state index contributed by atoms with van der Waals surface area (Å²) in [5.41, 5.74) is 4.67. The van der Waals surface area contributed by atoms with Crippen LogP contribution >= 0.6 is 11.8 Å². The Morgan fingerprint density at radius 3 is 2.68 bits per heavy atom. The van der Waals surface area contributed by atoms with Crippen LogP contribution in [0, 0.1) is 33.5 Å². The average Bonchev–Trinajstić information content (AvgIpc) is 2.88. The molecule has 1 saturated carbocycles. The van der Waals surface area contributed by atoms with E-state index in [4.69, 9.17) is 19.9 Å². The molecule has 128 valence electrons. The van der Waals surface area contributed by atoms with Gasteiger partial charge in [0.15, 0.2) is 10.8 Å². The highest BCUT2D eigenvalue weighted by molar-refractivity contribution is 8.00. The van der Waals surface area contributed by atoms with Gasteiger partial charge in [0.2, 0.25) is 0 Å². The molecule has 1 aromatic rings. The van der Waals surface area contributed by atoms with Crippen LogP contribution in [0.4, 0.5) is 0 Å². The van der Waals surface area contributed by atoms with Crippen LogP contribution in [0.5, 0.6) is 11.5 Å². The molecule has 4 rings (SSSR count). The molecular weight excluding hydrogens is 340 g/mol. The number of amidine groups is 1. The smallest absolute Gasteiger partial charge is 0.277 e. The van der Waals surface area contributed by atoms with Crippen LogP contribution in [-0.2, 0) is 4.74 Å². The van der Waals surface area contributed by atoms with Crippen molar-refractivity contribution in [1.82, 2.24) is 0 Å². The molecule has 25 heavy (non-hydrogen) atoms. The van der Waals surface area contributed by atoms with E-state index in [9.17, 15) is 10.5 Å². The van der Waals surface area contributed by atoms with Crippen LogP contribution < -0.4 is 20.2 Å². The van der Waals surface area contributed by atoms with Crippen molar-refractivity contribution in [3.05, 3.63) is 23.8 Å². The van der Waals surface area contributed by atoms with Gasteiger partial charge >= 0.3 is 0 Å². The van der Waals surface area contributed by atoms with Gasteiger partial charge < -0.3 is 14.2 Å². The van der Waals surface area contributed by atoms with Crippen LogP contribution in [0.2, 0.25) is 0 Å². The molecule has 0 bridgehead atoms. The second kappa shape index (κ2) is 5.04. The SMILES string of the molecule is COc1ccc(OC)c([C@H]2[C@@]3(C#N)[C@@]4([NH+]=C(N)[C@@]23C#N)OCCS4)c1. The highest BCUT2D eigenvalue weighted by atomic mass is 32.2. The summed E-state index contributed by atoms with van der Waals surface area (Å²) in [5.74, 6) is 1.76. The molecule has 2 fully saturated rings. The van der Waals surface area contributed by atoms with Crippen molar-refractivity contribution >= 4 is 17.6 Å². The van der Waals surface area contributed by atoms with E-state index in [1.165, 1.54) is 11.8 Å². The van der Waals surface area contributed by atoms with E-state index in [1.807, 2.05) is 0 Å². The van der Waals surface area contributed by atoms with Crippen molar-refractivity contribution in [3.8, 4) is 23.6 Å². The summed E-state index contributed by atoms with van der Waals surface area (Å²) >= 11 is 1.49. The quantitative estimate of drug-likeness (QED) is 0.762. The number of thioether (sulfide) groups is 1. The molecule has 4 atom stereocenters. The van der Waals surface area contributed by atoms with Gasteiger partial charge in [-0.1, -0.05) is 11.8 Å². The van der Waals surface area contributed by atoms with E-state index in [-0.39, 0.29) is 5.84 Å². The zero-order valence-electron chi connectivity index (χ0n) is 13.8. The number of nitrogens with two attached hydrogens (primary N) is 1. The van der Waals surface area contributed by atoms with Gasteiger partial charge in [0.1, 0.15) is 11.5 Å². The first kappa shape index (κ1) is 16.1. The highest BCUT2D eigenvalue weighted by Gasteiger charge is 2.96. The van der Waals surface area contributed by atoms with Crippen LogP contribution in [0.25, 0.3) is 0 Å². The summed E-state index contributed by atoms with van der Waals surface area (Å²) in [6, 6.07) is 10.0. The number of hydrogen-bond acceptors (Lipinski definition) is 7. The summed E-state index contributed by atoms with van der Waals surface area (Å²) < 4.78 is 16.7. The topological polar surface area (TPSA) is 115 Å². The van der Waals surface area contributed by atoms with Crippen LogP contribution in [0.3, 0.4) is 0 Å². The lowest BCUT2D eigenvalue weighted by atomic mass is 9.95. The molecular formula is C17H17N4O3S+. The van der Waals surface area contributed by atoms with E-state index in [0.717, 1.165) is 11.3 Å². The molecule has 3 N–H and O–H groups in total. The van der Waals surface area contributed by atoms with Gasteiger partial charge in [-0.25, -0.2) is 4.99 Å². The van der Waals surface area contributed by atoms with Crippen molar-refractivity contribution in [1.29, 1.82) is 10.5 Å². The predicted molar refractivity (Wildman–Crippen MR) is 89.7 cm³/mol. The van der Waals surface area contributed by atoms with E-state index >= 15 is 0 Å². The maximum absolute atomic E-state index is 10.2. The number of nitrogens with one attached hydrogen (secondary N) is 1. The number of nitriles is 2. The van der Waals surface area contributed by atoms with Gasteiger partial charge in [-0.3, -0.25) is 5.73 Å². The van der Waals surface area contributed by atoms with Crippen molar-refractivity contribution in [2.75, 3.05) is 26.6 Å². The first-order chi connectivity index (χ1) is 12.1. The third kappa shape index (κ3) is 1.57. The number of ether oxygens (including phenoxy) is 3. The van der Waals surface area contributed by atoms with Gasteiger partial charge in [-0.2, -0.15) is 10.5 Å². The van der Waals surface area contributed by atoms with Crippen LogP contribution in [0.1, 0.15) is 11.5 Å². The van der Waals surface area contributed by atoms with Crippen molar-refractivity contribution in [3.63, 3.8) is 0 Å². The van der Waals surface area contributed by atoms with Crippen LogP contribution in [0.15, 0.2) is 18.2 Å². The maximum atomic E-state index is 10.2. The van der Waals surface area contributed by atoms with E-state index in [1.54, 1.807) is 32.4 Å². The van der Waals surface area contributed by atoms with E-state index < -0.39 is 21.8 Å². The van der Waals surface area contributed by atoms with Gasteiger partial charge in [-0.15, -0.1) is 0 Å². The first-order valence-corrected chi connectivity index (χ1v) is 8.79. The summed E-state index contributed by atoms with van der Waals surface area (Å²) in [7, 11) is 3.13. The zero-order chi connectivity index (χ0) is 17.9. The Labute approximate surface area is 149 Å². The summed E-state index contributed by atoms with van der Waals surface area (Å²) in [5, 5.41) is 19.2. The molecule has 0 unspecified atom stereocenters. The third-order valence-corrected chi connectivity index (χ3v) is 6.76. The lowest BCUT2D eigenvalue weighted by Gasteiger charge is -2.24. The number of methoxy groups -OCH3 is 2. The summed E-state index contributed by atoms with van der Waals surface area (Å²) in [6.07, 6.45) is 0. The third-order valence-electron chi connectivity index (χ3n) is 5.44.